The molecule has 0 saturated heterocycles. The Balaban J connectivity index is 1.51. The van der Waals surface area contributed by atoms with E-state index in [0.717, 1.165) is 16.6 Å². The van der Waals surface area contributed by atoms with Crippen LogP contribution in [-0.2, 0) is 4.79 Å². The van der Waals surface area contributed by atoms with Crippen molar-refractivity contribution in [1.82, 2.24) is 19.7 Å². The first kappa shape index (κ1) is 18.1. The number of fused-ring (bicyclic) bond motifs is 1. The maximum Gasteiger partial charge on any atom is 0.234 e. The van der Waals surface area contributed by atoms with Gasteiger partial charge in [-0.3, -0.25) is 4.79 Å². The maximum absolute atomic E-state index is 13.2. The highest BCUT2D eigenvalue weighted by atomic mass is 32.2. The predicted molar refractivity (Wildman–Crippen MR) is 107 cm³/mol. The van der Waals surface area contributed by atoms with E-state index >= 15 is 0 Å². The molecule has 140 valence electrons. The molecule has 0 aliphatic rings. The molecule has 0 aliphatic heterocycles. The van der Waals surface area contributed by atoms with Crippen molar-refractivity contribution in [3.05, 3.63) is 72.4 Å². The summed E-state index contributed by atoms with van der Waals surface area (Å²) in [6.07, 6.45) is 3.09. The lowest BCUT2D eigenvalue weighted by molar-refractivity contribution is -0.113. The lowest BCUT2D eigenvalue weighted by Crippen LogP contribution is -2.14. The first-order chi connectivity index (χ1) is 13.6. The minimum atomic E-state index is -0.314. The van der Waals surface area contributed by atoms with Gasteiger partial charge in [0, 0.05) is 5.69 Å². The summed E-state index contributed by atoms with van der Waals surface area (Å²) in [4.78, 5) is 20.8. The van der Waals surface area contributed by atoms with Gasteiger partial charge in [-0.1, -0.05) is 23.9 Å². The topological polar surface area (TPSA) is 72.7 Å². The summed E-state index contributed by atoms with van der Waals surface area (Å²) in [5.74, 6) is -0.221. The van der Waals surface area contributed by atoms with Crippen molar-refractivity contribution in [2.45, 2.75) is 11.9 Å². The molecule has 0 unspecified atom stereocenters. The number of aryl methyl sites for hydroxylation is 1. The zero-order valence-corrected chi connectivity index (χ0v) is 15.8. The van der Waals surface area contributed by atoms with Crippen LogP contribution in [0.2, 0.25) is 0 Å². The average Bonchev–Trinajstić information content (AvgIpc) is 3.12. The Bertz CT molecular complexity index is 1140. The molecular weight excluding hydrogens is 377 g/mol. The molecule has 0 saturated carbocycles. The van der Waals surface area contributed by atoms with E-state index in [1.807, 2.05) is 31.2 Å². The van der Waals surface area contributed by atoms with Crippen LogP contribution >= 0.6 is 11.8 Å². The van der Waals surface area contributed by atoms with Gasteiger partial charge >= 0.3 is 0 Å². The molecule has 0 spiro atoms. The third-order valence-corrected chi connectivity index (χ3v) is 5.05. The van der Waals surface area contributed by atoms with E-state index in [9.17, 15) is 9.18 Å². The molecule has 0 radical (unpaired) electrons. The van der Waals surface area contributed by atoms with Crippen LogP contribution in [0.3, 0.4) is 0 Å². The SMILES string of the molecule is Cc1cccc(NC(=O)CSc2ncnc3c2cnn3-c2ccc(F)cc2)c1. The number of aromatic nitrogens is 4. The number of hydrogen-bond acceptors (Lipinski definition) is 5. The van der Waals surface area contributed by atoms with Gasteiger partial charge < -0.3 is 5.32 Å². The van der Waals surface area contributed by atoms with E-state index in [2.05, 4.69) is 20.4 Å². The van der Waals surface area contributed by atoms with E-state index in [1.165, 1.54) is 30.2 Å². The van der Waals surface area contributed by atoms with Crippen LogP contribution in [0.25, 0.3) is 16.7 Å². The van der Waals surface area contributed by atoms with Crippen LogP contribution in [0, 0.1) is 12.7 Å². The standard InChI is InChI=1S/C20H16FN5OS/c1-13-3-2-4-15(9-13)25-18(27)11-28-20-17-10-24-26(19(17)22-12-23-20)16-7-5-14(21)6-8-16/h2-10,12H,11H2,1H3,(H,25,27). The number of carbonyl (C=O) groups is 1. The van der Waals surface area contributed by atoms with Gasteiger partial charge in [-0.15, -0.1) is 0 Å². The number of amides is 1. The number of carbonyl (C=O) groups excluding carboxylic acids is 1. The first-order valence-electron chi connectivity index (χ1n) is 8.54. The molecule has 1 N–H and O–H groups in total. The van der Waals surface area contributed by atoms with Crippen molar-refractivity contribution < 1.29 is 9.18 Å². The summed E-state index contributed by atoms with van der Waals surface area (Å²) in [7, 11) is 0. The van der Waals surface area contributed by atoms with Gasteiger partial charge in [-0.05, 0) is 48.9 Å². The number of hydrogen-bond donors (Lipinski definition) is 1. The van der Waals surface area contributed by atoms with Crippen LogP contribution in [0.1, 0.15) is 5.56 Å². The molecular formula is C20H16FN5OS. The zero-order chi connectivity index (χ0) is 19.5. The molecule has 2 aromatic heterocycles. The summed E-state index contributed by atoms with van der Waals surface area (Å²) >= 11 is 1.32. The quantitative estimate of drug-likeness (QED) is 0.410. The molecule has 0 fully saturated rings. The molecule has 4 aromatic rings. The highest BCUT2D eigenvalue weighted by Crippen LogP contribution is 2.26. The van der Waals surface area contributed by atoms with Gasteiger partial charge in [-0.2, -0.15) is 5.10 Å². The van der Waals surface area contributed by atoms with Crippen molar-refractivity contribution in [2.75, 3.05) is 11.1 Å². The molecule has 6 nitrogen and oxygen atoms in total. The second-order valence-electron chi connectivity index (χ2n) is 6.16. The van der Waals surface area contributed by atoms with Crippen LogP contribution in [-0.4, -0.2) is 31.4 Å². The number of thioether (sulfide) groups is 1. The summed E-state index contributed by atoms with van der Waals surface area (Å²) in [6, 6.07) is 13.6. The predicted octanol–water partition coefficient (Wildman–Crippen LogP) is 3.99. The van der Waals surface area contributed by atoms with E-state index in [4.69, 9.17) is 0 Å². The van der Waals surface area contributed by atoms with Crippen molar-refractivity contribution in [3.63, 3.8) is 0 Å². The van der Waals surface area contributed by atoms with E-state index in [0.29, 0.717) is 16.4 Å². The second-order valence-corrected chi connectivity index (χ2v) is 7.12. The third kappa shape index (κ3) is 3.86. The maximum atomic E-state index is 13.2. The molecule has 8 heteroatoms. The molecule has 1 amide bonds. The Morgan fingerprint density at radius 1 is 1.18 bits per heavy atom. The molecule has 0 atom stereocenters. The first-order valence-corrected chi connectivity index (χ1v) is 9.53. The van der Waals surface area contributed by atoms with Crippen LogP contribution < -0.4 is 5.32 Å². The molecule has 2 aromatic carbocycles. The molecule has 4 rings (SSSR count). The highest BCUT2D eigenvalue weighted by molar-refractivity contribution is 8.00. The zero-order valence-electron chi connectivity index (χ0n) is 15.0. The normalized spacial score (nSPS) is 10.9. The fourth-order valence-electron chi connectivity index (χ4n) is 2.76. The van der Waals surface area contributed by atoms with Gasteiger partial charge in [0.2, 0.25) is 5.91 Å². The number of halogens is 1. The largest absolute Gasteiger partial charge is 0.325 e. The molecule has 0 aliphatic carbocycles. The summed E-state index contributed by atoms with van der Waals surface area (Å²) in [5, 5.41) is 8.62. The average molecular weight is 393 g/mol. The molecule has 2 heterocycles. The highest BCUT2D eigenvalue weighted by Gasteiger charge is 2.13. The Labute approximate surface area is 164 Å². The lowest BCUT2D eigenvalue weighted by Gasteiger charge is -2.06. The van der Waals surface area contributed by atoms with E-state index < -0.39 is 0 Å². The lowest BCUT2D eigenvalue weighted by atomic mass is 10.2. The smallest absolute Gasteiger partial charge is 0.234 e. The Hall–Kier alpha value is -3.26. The number of rotatable bonds is 5. The van der Waals surface area contributed by atoms with Gasteiger partial charge in [0.25, 0.3) is 0 Å². The van der Waals surface area contributed by atoms with Crippen molar-refractivity contribution in [3.8, 4) is 5.69 Å². The number of nitrogens with one attached hydrogen (secondary N) is 1. The van der Waals surface area contributed by atoms with Crippen molar-refractivity contribution in [1.29, 1.82) is 0 Å². The van der Waals surface area contributed by atoms with Crippen molar-refractivity contribution >= 4 is 34.4 Å². The van der Waals surface area contributed by atoms with Gasteiger partial charge in [-0.25, -0.2) is 19.0 Å². The minimum absolute atomic E-state index is 0.117. The monoisotopic (exact) mass is 393 g/mol. The number of nitrogens with zero attached hydrogens (tertiary/aromatic N) is 4. The van der Waals surface area contributed by atoms with Crippen LogP contribution in [0.15, 0.2) is 66.1 Å². The Morgan fingerprint density at radius 3 is 2.79 bits per heavy atom. The Kier molecular flexibility index (Phi) is 5.03. The van der Waals surface area contributed by atoms with Gasteiger partial charge in [0.1, 0.15) is 17.2 Å². The van der Waals surface area contributed by atoms with Crippen LogP contribution in [0.4, 0.5) is 10.1 Å². The minimum Gasteiger partial charge on any atom is -0.325 e. The summed E-state index contributed by atoms with van der Waals surface area (Å²) in [5.41, 5.74) is 3.14. The van der Waals surface area contributed by atoms with E-state index in [1.54, 1.807) is 23.0 Å². The van der Waals surface area contributed by atoms with Crippen molar-refractivity contribution in [2.24, 2.45) is 0 Å². The second kappa shape index (κ2) is 7.77. The fraction of sp³-hybridized carbons (Fsp3) is 0.100. The van der Waals surface area contributed by atoms with Gasteiger partial charge in [0.05, 0.1) is 23.0 Å². The summed E-state index contributed by atoms with van der Waals surface area (Å²) in [6.45, 7) is 1.97. The van der Waals surface area contributed by atoms with Gasteiger partial charge in [0.15, 0.2) is 5.65 Å². The Morgan fingerprint density at radius 2 is 2.00 bits per heavy atom. The number of benzene rings is 2. The molecule has 28 heavy (non-hydrogen) atoms. The third-order valence-electron chi connectivity index (χ3n) is 4.04. The molecule has 0 bridgehead atoms. The summed E-state index contributed by atoms with van der Waals surface area (Å²) < 4.78 is 14.8. The van der Waals surface area contributed by atoms with E-state index in [-0.39, 0.29) is 17.5 Å². The fourth-order valence-corrected chi connectivity index (χ4v) is 3.52. The number of anilines is 1. The van der Waals surface area contributed by atoms with Crippen LogP contribution in [0.5, 0.6) is 0 Å².